The lowest BCUT2D eigenvalue weighted by molar-refractivity contribution is -0.145. The Kier molecular flexibility index (Phi) is 15.2. The predicted octanol–water partition coefficient (Wildman–Crippen LogP) is 3.00. The van der Waals surface area contributed by atoms with Crippen molar-refractivity contribution in [3.05, 3.63) is 76.2 Å². The van der Waals surface area contributed by atoms with E-state index in [-0.39, 0.29) is 31.8 Å². The fourth-order valence-electron chi connectivity index (χ4n) is 4.11. The number of amides is 3. The number of rotatable bonds is 18. The zero-order valence-electron chi connectivity index (χ0n) is 24.5. The predicted molar refractivity (Wildman–Crippen MR) is 161 cm³/mol. The van der Waals surface area contributed by atoms with Gasteiger partial charge in [0, 0.05) is 30.7 Å². The first kappa shape index (κ1) is 34.2. The van der Waals surface area contributed by atoms with Crippen molar-refractivity contribution in [1.29, 1.82) is 0 Å². The maximum Gasteiger partial charge on any atom is 0.328 e. The monoisotopic (exact) mass is 590 g/mol. The van der Waals surface area contributed by atoms with Gasteiger partial charge in [-0.3, -0.25) is 14.4 Å². The Balaban J connectivity index is 2.02. The first-order valence-electron chi connectivity index (χ1n) is 13.9. The van der Waals surface area contributed by atoms with Gasteiger partial charge >= 0.3 is 5.97 Å². The average molecular weight is 591 g/mol. The number of hydrogen-bond donors (Lipinski definition) is 3. The maximum absolute atomic E-state index is 13.3. The van der Waals surface area contributed by atoms with Crippen LogP contribution in [0.1, 0.15) is 43.7 Å². The largest absolute Gasteiger partial charge is 0.481 e. The van der Waals surface area contributed by atoms with Crippen LogP contribution in [0.25, 0.3) is 10.4 Å². The number of unbranched alkanes of at least 4 members (excludes halogenated alkanes) is 2. The van der Waals surface area contributed by atoms with Crippen LogP contribution in [0.2, 0.25) is 0 Å². The van der Waals surface area contributed by atoms with Gasteiger partial charge in [-0.05, 0) is 48.6 Å². The lowest BCUT2D eigenvalue weighted by atomic mass is 10.0. The van der Waals surface area contributed by atoms with Crippen LogP contribution in [0, 0.1) is 12.3 Å². The van der Waals surface area contributed by atoms with Crippen molar-refractivity contribution in [1.82, 2.24) is 16.0 Å². The highest BCUT2D eigenvalue weighted by Gasteiger charge is 2.28. The zero-order chi connectivity index (χ0) is 31.5. The number of ether oxygens (including phenoxy) is 2. The Hall–Kier alpha value is -5.01. The SMILES string of the molecule is C#CCOc1ccc(C[C@H](NC(=O)[C@H](C)NC(=O)[C@H](Cc2ccccc2)NC(=O)CCCCCN=[N+]=[N-])C(=O)OC)cc1. The Labute approximate surface area is 251 Å². The molecule has 12 nitrogen and oxygen atoms in total. The summed E-state index contributed by atoms with van der Waals surface area (Å²) in [6.07, 6.45) is 7.70. The standard InChI is InChI=1S/C31H38N6O6/c1-4-19-43-25-16-14-24(15-17-25)21-27(31(41)42-3)36-29(39)22(2)34-30(40)26(20-23-11-7-5-8-12-23)35-28(38)13-9-6-10-18-33-37-32/h1,5,7-8,11-12,14-17,22,26-27H,6,9-10,13,18-21H2,2-3H3,(H,34,40)(H,35,38)(H,36,39)/t22-,26-,27-/m0/s1. The lowest BCUT2D eigenvalue weighted by Crippen LogP contribution is -2.55. The number of nitrogens with one attached hydrogen (secondary N) is 3. The van der Waals surface area contributed by atoms with E-state index in [0.717, 1.165) is 11.1 Å². The van der Waals surface area contributed by atoms with Gasteiger partial charge in [0.25, 0.3) is 0 Å². The van der Waals surface area contributed by atoms with Crippen LogP contribution in [0.15, 0.2) is 59.7 Å². The molecule has 0 aliphatic heterocycles. The van der Waals surface area contributed by atoms with Crippen LogP contribution in [-0.2, 0) is 36.8 Å². The van der Waals surface area contributed by atoms with Crippen LogP contribution < -0.4 is 20.7 Å². The summed E-state index contributed by atoms with van der Waals surface area (Å²) in [7, 11) is 1.22. The van der Waals surface area contributed by atoms with Gasteiger partial charge < -0.3 is 25.4 Å². The summed E-state index contributed by atoms with van der Waals surface area (Å²) < 4.78 is 10.2. The molecule has 0 fully saturated rings. The molecule has 3 N–H and O–H groups in total. The van der Waals surface area contributed by atoms with Gasteiger partial charge in [-0.1, -0.05) is 59.9 Å². The Morgan fingerprint density at radius 3 is 2.23 bits per heavy atom. The number of hydrogen-bond acceptors (Lipinski definition) is 7. The first-order chi connectivity index (χ1) is 20.8. The minimum Gasteiger partial charge on any atom is -0.481 e. The third-order valence-corrected chi connectivity index (χ3v) is 6.40. The van der Waals surface area contributed by atoms with Crippen molar-refractivity contribution >= 4 is 23.7 Å². The van der Waals surface area contributed by atoms with Gasteiger partial charge in [-0.2, -0.15) is 0 Å². The fraction of sp³-hybridized carbons (Fsp3) is 0.419. The van der Waals surface area contributed by atoms with Crippen molar-refractivity contribution in [2.24, 2.45) is 5.11 Å². The summed E-state index contributed by atoms with van der Waals surface area (Å²) >= 11 is 0. The van der Waals surface area contributed by atoms with Crippen LogP contribution in [0.4, 0.5) is 0 Å². The Bertz CT molecular complexity index is 1290. The smallest absolute Gasteiger partial charge is 0.328 e. The third-order valence-electron chi connectivity index (χ3n) is 6.40. The zero-order valence-corrected chi connectivity index (χ0v) is 24.5. The summed E-state index contributed by atoms with van der Waals surface area (Å²) in [4.78, 5) is 54.1. The summed E-state index contributed by atoms with van der Waals surface area (Å²) in [5.74, 6) is 0.862. The van der Waals surface area contributed by atoms with E-state index in [0.29, 0.717) is 31.6 Å². The molecule has 0 bridgehead atoms. The van der Waals surface area contributed by atoms with E-state index in [4.69, 9.17) is 21.4 Å². The normalized spacial score (nSPS) is 12.3. The van der Waals surface area contributed by atoms with Crippen molar-refractivity contribution in [3.63, 3.8) is 0 Å². The van der Waals surface area contributed by atoms with E-state index in [9.17, 15) is 19.2 Å². The van der Waals surface area contributed by atoms with E-state index >= 15 is 0 Å². The number of nitrogens with zero attached hydrogens (tertiary/aromatic N) is 3. The molecule has 0 unspecified atom stereocenters. The highest BCUT2D eigenvalue weighted by molar-refractivity contribution is 5.93. The third kappa shape index (κ3) is 13.0. The molecular weight excluding hydrogens is 552 g/mol. The molecule has 12 heteroatoms. The maximum atomic E-state index is 13.3. The molecule has 0 heterocycles. The summed E-state index contributed by atoms with van der Waals surface area (Å²) in [6, 6.07) is 13.1. The van der Waals surface area contributed by atoms with Gasteiger partial charge in [0.15, 0.2) is 0 Å². The second-order valence-corrected chi connectivity index (χ2v) is 9.73. The van der Waals surface area contributed by atoms with Gasteiger partial charge in [-0.15, -0.1) is 6.42 Å². The molecule has 0 aromatic heterocycles. The van der Waals surface area contributed by atoms with E-state index < -0.39 is 35.9 Å². The molecule has 0 spiro atoms. The summed E-state index contributed by atoms with van der Waals surface area (Å²) in [5, 5.41) is 11.5. The van der Waals surface area contributed by atoms with Crippen molar-refractivity contribution < 1.29 is 28.7 Å². The quantitative estimate of drug-likeness (QED) is 0.0601. The number of terminal acetylenes is 1. The molecule has 0 radical (unpaired) electrons. The van der Waals surface area contributed by atoms with Crippen LogP contribution in [-0.4, -0.2) is 62.1 Å². The molecular formula is C31H38N6O6. The number of carbonyl (C=O) groups is 4. The van der Waals surface area contributed by atoms with Crippen LogP contribution in [0.3, 0.4) is 0 Å². The number of carbonyl (C=O) groups excluding carboxylic acids is 4. The molecule has 0 aliphatic rings. The topological polar surface area (TPSA) is 172 Å². The molecule has 2 aromatic carbocycles. The average Bonchev–Trinajstić information content (AvgIpc) is 3.01. The van der Waals surface area contributed by atoms with Gasteiger partial charge in [0.1, 0.15) is 30.5 Å². The number of azide groups is 1. The fourth-order valence-corrected chi connectivity index (χ4v) is 4.11. The van der Waals surface area contributed by atoms with Crippen LogP contribution >= 0.6 is 0 Å². The van der Waals surface area contributed by atoms with E-state index in [1.54, 1.807) is 24.3 Å². The Morgan fingerprint density at radius 1 is 0.907 bits per heavy atom. The Morgan fingerprint density at radius 2 is 1.58 bits per heavy atom. The van der Waals surface area contributed by atoms with Crippen molar-refractivity contribution in [3.8, 4) is 18.1 Å². The van der Waals surface area contributed by atoms with Gasteiger partial charge in [0.2, 0.25) is 17.7 Å². The van der Waals surface area contributed by atoms with E-state index in [2.05, 4.69) is 31.9 Å². The molecule has 2 rings (SSSR count). The number of methoxy groups -OCH3 is 1. The molecule has 0 saturated heterocycles. The molecule has 43 heavy (non-hydrogen) atoms. The molecule has 228 valence electrons. The van der Waals surface area contributed by atoms with Crippen molar-refractivity contribution in [2.75, 3.05) is 20.3 Å². The number of benzene rings is 2. The molecule has 0 saturated carbocycles. The molecule has 0 aliphatic carbocycles. The minimum atomic E-state index is -1.02. The number of esters is 1. The second kappa shape index (κ2) is 19.2. The summed E-state index contributed by atoms with van der Waals surface area (Å²) in [6.45, 7) is 1.98. The molecule has 3 amide bonds. The summed E-state index contributed by atoms with van der Waals surface area (Å²) in [5.41, 5.74) is 9.92. The van der Waals surface area contributed by atoms with Crippen molar-refractivity contribution in [2.45, 2.75) is 63.6 Å². The minimum absolute atomic E-state index is 0.125. The van der Waals surface area contributed by atoms with Crippen LogP contribution in [0.5, 0.6) is 5.75 Å². The van der Waals surface area contributed by atoms with Gasteiger partial charge in [-0.25, -0.2) is 4.79 Å². The lowest BCUT2D eigenvalue weighted by Gasteiger charge is -2.23. The second-order valence-electron chi connectivity index (χ2n) is 9.73. The highest BCUT2D eigenvalue weighted by Crippen LogP contribution is 2.14. The molecule has 3 atom stereocenters. The highest BCUT2D eigenvalue weighted by atomic mass is 16.5. The molecule has 2 aromatic rings. The van der Waals surface area contributed by atoms with Gasteiger partial charge in [0.05, 0.1) is 7.11 Å². The van der Waals surface area contributed by atoms with E-state index in [1.165, 1.54) is 14.0 Å². The first-order valence-corrected chi connectivity index (χ1v) is 13.9. The van der Waals surface area contributed by atoms with E-state index in [1.807, 2.05) is 30.3 Å².